The summed E-state index contributed by atoms with van der Waals surface area (Å²) in [6.45, 7) is 0. The summed E-state index contributed by atoms with van der Waals surface area (Å²) in [7, 11) is 5.43. The Labute approximate surface area is 215 Å². The first-order valence-corrected chi connectivity index (χ1v) is 12.0. The summed E-state index contributed by atoms with van der Waals surface area (Å²) < 4.78 is 6.97. The maximum absolute atomic E-state index is 11.9. The van der Waals surface area contributed by atoms with E-state index in [2.05, 4.69) is 55.0 Å². The normalized spacial score (nSPS) is 17.1. The van der Waals surface area contributed by atoms with Crippen LogP contribution < -0.4 is 15.1 Å². The van der Waals surface area contributed by atoms with Crippen molar-refractivity contribution in [1.29, 1.82) is 0 Å². The molecule has 0 spiro atoms. The first kappa shape index (κ1) is 23.6. The topological polar surface area (TPSA) is 62.6 Å². The maximum Gasteiger partial charge on any atom is 0.337 e. The Balaban J connectivity index is 1.60. The Kier molecular flexibility index (Phi) is 6.43. The highest BCUT2D eigenvalue weighted by molar-refractivity contribution is 7.80. The number of nitrogens with one attached hydrogen (secondary N) is 1. The van der Waals surface area contributed by atoms with Gasteiger partial charge in [-0.2, -0.15) is 0 Å². The van der Waals surface area contributed by atoms with Crippen molar-refractivity contribution in [2.75, 3.05) is 31.0 Å². The van der Waals surface area contributed by atoms with E-state index in [1.165, 1.54) is 7.11 Å². The fourth-order valence-electron chi connectivity index (χ4n) is 4.59. The highest BCUT2D eigenvalue weighted by Crippen LogP contribution is 2.42. The van der Waals surface area contributed by atoms with Crippen LogP contribution in [-0.4, -0.2) is 41.8 Å². The number of carbonyl (C=O) groups excluding carboxylic acids is 1. The van der Waals surface area contributed by atoms with Gasteiger partial charge in [0.05, 0.1) is 24.4 Å². The zero-order chi connectivity index (χ0) is 25.2. The molecule has 1 saturated heterocycles. The number of hydrogen-bond acceptors (Lipinski definition) is 5. The average molecular weight is 498 g/mol. The van der Waals surface area contributed by atoms with Crippen molar-refractivity contribution >= 4 is 34.7 Å². The van der Waals surface area contributed by atoms with Gasteiger partial charge in [0, 0.05) is 49.2 Å². The summed E-state index contributed by atoms with van der Waals surface area (Å²) in [5.74, 6) is -0.359. The van der Waals surface area contributed by atoms with E-state index in [1.54, 1.807) is 18.3 Å². The second kappa shape index (κ2) is 9.83. The van der Waals surface area contributed by atoms with Gasteiger partial charge < -0.3 is 24.4 Å². The van der Waals surface area contributed by atoms with E-state index in [1.807, 2.05) is 56.7 Å². The van der Waals surface area contributed by atoms with Crippen molar-refractivity contribution in [3.05, 3.63) is 108 Å². The molecule has 8 heteroatoms. The van der Waals surface area contributed by atoms with Crippen molar-refractivity contribution in [3.63, 3.8) is 0 Å². The molecule has 1 aliphatic rings. The molecule has 5 rings (SSSR count). The van der Waals surface area contributed by atoms with Gasteiger partial charge in [0.2, 0.25) is 0 Å². The molecule has 3 heterocycles. The van der Waals surface area contributed by atoms with Gasteiger partial charge in [-0.3, -0.25) is 4.98 Å². The van der Waals surface area contributed by atoms with Gasteiger partial charge in [-0.25, -0.2) is 4.79 Å². The highest BCUT2D eigenvalue weighted by atomic mass is 32.1. The van der Waals surface area contributed by atoms with Gasteiger partial charge in [-0.05, 0) is 85.0 Å². The number of pyridine rings is 1. The Morgan fingerprint density at radius 1 is 0.972 bits per heavy atom. The first-order valence-electron chi connectivity index (χ1n) is 11.6. The van der Waals surface area contributed by atoms with Crippen LogP contribution in [0.25, 0.3) is 5.69 Å². The zero-order valence-electron chi connectivity index (χ0n) is 20.3. The summed E-state index contributed by atoms with van der Waals surface area (Å²) in [6, 6.07) is 25.5. The van der Waals surface area contributed by atoms with Gasteiger partial charge in [0.15, 0.2) is 5.11 Å². The molecule has 0 bridgehead atoms. The summed E-state index contributed by atoms with van der Waals surface area (Å²) >= 11 is 5.87. The number of ether oxygens (including phenoxy) is 1. The van der Waals surface area contributed by atoms with Crippen molar-refractivity contribution < 1.29 is 9.53 Å². The van der Waals surface area contributed by atoms with Crippen LogP contribution in [0.4, 0.5) is 11.4 Å². The van der Waals surface area contributed by atoms with Crippen molar-refractivity contribution in [1.82, 2.24) is 14.9 Å². The monoisotopic (exact) mass is 497 g/mol. The van der Waals surface area contributed by atoms with Crippen LogP contribution in [0.1, 0.15) is 33.8 Å². The van der Waals surface area contributed by atoms with Gasteiger partial charge in [-0.1, -0.05) is 6.07 Å². The molecule has 36 heavy (non-hydrogen) atoms. The first-order chi connectivity index (χ1) is 17.5. The molecule has 1 N–H and O–H groups in total. The number of hydrogen-bond donors (Lipinski definition) is 1. The minimum atomic E-state index is -0.359. The SMILES string of the molecule is COC(=O)c1ccc(-n2cccc2[C@H]2[C@@H](c3ccccn3)NC(=S)N2c2ccc(N(C)C)cc2)cc1. The van der Waals surface area contributed by atoms with E-state index in [-0.39, 0.29) is 18.1 Å². The molecule has 7 nitrogen and oxygen atoms in total. The summed E-state index contributed by atoms with van der Waals surface area (Å²) in [6.07, 6.45) is 3.82. The molecule has 2 aromatic heterocycles. The molecule has 0 amide bonds. The zero-order valence-corrected chi connectivity index (χ0v) is 21.1. The second-order valence-electron chi connectivity index (χ2n) is 8.75. The third-order valence-electron chi connectivity index (χ3n) is 6.39. The number of aromatic nitrogens is 2. The minimum absolute atomic E-state index is 0.157. The summed E-state index contributed by atoms with van der Waals surface area (Å²) in [5.41, 5.74) is 5.50. The highest BCUT2D eigenvalue weighted by Gasteiger charge is 2.42. The lowest BCUT2D eigenvalue weighted by Crippen LogP contribution is -2.30. The van der Waals surface area contributed by atoms with E-state index in [9.17, 15) is 4.79 Å². The van der Waals surface area contributed by atoms with Gasteiger partial charge >= 0.3 is 5.97 Å². The molecule has 0 saturated carbocycles. The van der Waals surface area contributed by atoms with Crippen molar-refractivity contribution in [3.8, 4) is 5.69 Å². The lowest BCUT2D eigenvalue weighted by Gasteiger charge is -2.29. The average Bonchev–Trinajstić information content (AvgIpc) is 3.53. The van der Waals surface area contributed by atoms with Crippen LogP contribution in [0.5, 0.6) is 0 Å². The fourth-order valence-corrected chi connectivity index (χ4v) is 4.94. The van der Waals surface area contributed by atoms with E-state index in [4.69, 9.17) is 17.0 Å². The molecule has 0 radical (unpaired) electrons. The molecule has 1 fully saturated rings. The number of methoxy groups -OCH3 is 1. The molecule has 4 aromatic rings. The third kappa shape index (κ3) is 4.31. The molecular formula is C28H27N5O2S. The quantitative estimate of drug-likeness (QED) is 0.300. The van der Waals surface area contributed by atoms with Crippen LogP contribution in [0, 0.1) is 0 Å². The van der Waals surface area contributed by atoms with Crippen LogP contribution in [0.15, 0.2) is 91.3 Å². The van der Waals surface area contributed by atoms with E-state index < -0.39 is 0 Å². The van der Waals surface area contributed by atoms with Crippen LogP contribution in [-0.2, 0) is 4.74 Å². The van der Waals surface area contributed by atoms with E-state index >= 15 is 0 Å². The Morgan fingerprint density at radius 3 is 2.33 bits per heavy atom. The number of carbonyl (C=O) groups is 1. The molecule has 0 unspecified atom stereocenters. The van der Waals surface area contributed by atoms with Gasteiger partial charge in [0.25, 0.3) is 0 Å². The molecule has 2 atom stereocenters. The number of anilines is 2. The number of benzene rings is 2. The summed E-state index contributed by atoms with van der Waals surface area (Å²) in [4.78, 5) is 20.8. The van der Waals surface area contributed by atoms with E-state index in [0.717, 1.165) is 28.5 Å². The van der Waals surface area contributed by atoms with Crippen molar-refractivity contribution in [2.45, 2.75) is 12.1 Å². The summed E-state index contributed by atoms with van der Waals surface area (Å²) in [5, 5.41) is 4.16. The lowest BCUT2D eigenvalue weighted by atomic mass is 10.0. The molecule has 1 aliphatic heterocycles. The largest absolute Gasteiger partial charge is 0.465 e. The number of thiocarbonyl (C=S) groups is 1. The van der Waals surface area contributed by atoms with Gasteiger partial charge in [-0.15, -0.1) is 0 Å². The van der Waals surface area contributed by atoms with Crippen LogP contribution in [0.2, 0.25) is 0 Å². The molecular weight excluding hydrogens is 470 g/mol. The minimum Gasteiger partial charge on any atom is -0.465 e. The smallest absolute Gasteiger partial charge is 0.337 e. The standard InChI is InChI=1S/C28H27N5O2S/c1-31(2)20-13-15-22(16-14-20)33-26(25(30-28(33)36)23-7-4-5-17-29-23)24-8-6-18-32(24)21-11-9-19(10-12-21)27(34)35-3/h4-18,25-26H,1-3H3,(H,30,36)/t25-,26+/m1/s1. The van der Waals surface area contributed by atoms with Crippen LogP contribution in [0.3, 0.4) is 0 Å². The van der Waals surface area contributed by atoms with Gasteiger partial charge in [0.1, 0.15) is 6.04 Å². The maximum atomic E-state index is 11.9. The Bertz CT molecular complexity index is 1370. The van der Waals surface area contributed by atoms with E-state index in [0.29, 0.717) is 10.7 Å². The lowest BCUT2D eigenvalue weighted by molar-refractivity contribution is 0.0600. The Morgan fingerprint density at radius 2 is 1.69 bits per heavy atom. The predicted octanol–water partition coefficient (Wildman–Crippen LogP) is 4.90. The third-order valence-corrected chi connectivity index (χ3v) is 6.71. The molecule has 0 aliphatic carbocycles. The fraction of sp³-hybridized carbons (Fsp3) is 0.179. The number of nitrogens with zero attached hydrogens (tertiary/aromatic N) is 4. The molecule has 2 aromatic carbocycles. The number of rotatable bonds is 6. The van der Waals surface area contributed by atoms with Crippen molar-refractivity contribution in [2.24, 2.45) is 0 Å². The Hall–Kier alpha value is -4.17. The second-order valence-corrected chi connectivity index (χ2v) is 9.14. The number of esters is 1. The van der Waals surface area contributed by atoms with Crippen LogP contribution >= 0.6 is 12.2 Å². The predicted molar refractivity (Wildman–Crippen MR) is 146 cm³/mol. The molecule has 182 valence electrons.